The van der Waals surface area contributed by atoms with E-state index in [2.05, 4.69) is 21.4 Å². The topological polar surface area (TPSA) is 37.8 Å². The van der Waals surface area contributed by atoms with Crippen molar-refractivity contribution >= 4 is 21.7 Å². The number of hydrogen-bond donors (Lipinski definition) is 1. The van der Waals surface area contributed by atoms with Gasteiger partial charge >= 0.3 is 0 Å². The summed E-state index contributed by atoms with van der Waals surface area (Å²) in [6.45, 7) is 2.23. The molecule has 3 nitrogen and oxygen atoms in total. The maximum Gasteiger partial charge on any atom is 0.143 e. The van der Waals surface area contributed by atoms with Gasteiger partial charge in [0.25, 0.3) is 0 Å². The summed E-state index contributed by atoms with van der Waals surface area (Å²) in [4.78, 5) is 9.82. The molecule has 3 heterocycles. The molecule has 0 saturated carbocycles. The first kappa shape index (κ1) is 9.24. The zero-order valence-electron chi connectivity index (χ0n) is 8.44. The third-order valence-corrected chi connectivity index (χ3v) is 3.74. The lowest BCUT2D eigenvalue weighted by atomic mass is 9.92. The first-order valence-electron chi connectivity index (χ1n) is 5.34. The van der Waals surface area contributed by atoms with E-state index in [4.69, 9.17) is 0 Å². The molecule has 3 rings (SSSR count). The second-order valence-corrected chi connectivity index (χ2v) is 4.78. The first-order valence-corrected chi connectivity index (χ1v) is 6.22. The van der Waals surface area contributed by atoms with E-state index in [1.54, 1.807) is 11.3 Å². The van der Waals surface area contributed by atoms with Crippen molar-refractivity contribution in [3.05, 3.63) is 23.3 Å². The average Bonchev–Trinajstić information content (AvgIpc) is 2.78. The van der Waals surface area contributed by atoms with Crippen LogP contribution in [-0.4, -0.2) is 23.1 Å². The predicted molar refractivity (Wildman–Crippen MR) is 62.3 cm³/mol. The predicted octanol–water partition coefficient (Wildman–Crippen LogP) is 2.16. The molecule has 78 valence electrons. The van der Waals surface area contributed by atoms with Crippen molar-refractivity contribution in [2.45, 2.75) is 18.8 Å². The molecule has 1 atom stereocenters. The summed E-state index contributed by atoms with van der Waals surface area (Å²) >= 11 is 1.62. The molecule has 2 aromatic rings. The lowest BCUT2D eigenvalue weighted by Gasteiger charge is -2.23. The Labute approximate surface area is 92.6 Å². The van der Waals surface area contributed by atoms with Crippen molar-refractivity contribution < 1.29 is 0 Å². The van der Waals surface area contributed by atoms with Gasteiger partial charge in [0.05, 0.1) is 5.51 Å². The van der Waals surface area contributed by atoms with Gasteiger partial charge in [0.15, 0.2) is 0 Å². The molecule has 0 radical (unpaired) electrons. The summed E-state index contributed by atoms with van der Waals surface area (Å²) in [6, 6.07) is 2.12. The van der Waals surface area contributed by atoms with E-state index >= 15 is 0 Å². The van der Waals surface area contributed by atoms with Crippen LogP contribution in [0.1, 0.15) is 24.3 Å². The molecule has 1 saturated heterocycles. The van der Waals surface area contributed by atoms with E-state index in [-0.39, 0.29) is 0 Å². The van der Waals surface area contributed by atoms with Crippen molar-refractivity contribution in [2.75, 3.05) is 13.1 Å². The van der Waals surface area contributed by atoms with Gasteiger partial charge in [0, 0.05) is 12.7 Å². The highest BCUT2D eigenvalue weighted by atomic mass is 32.1. The summed E-state index contributed by atoms with van der Waals surface area (Å²) in [5.41, 5.74) is 4.36. The Hall–Kier alpha value is -1.00. The van der Waals surface area contributed by atoms with Gasteiger partial charge in [-0.25, -0.2) is 9.97 Å². The second-order valence-electron chi connectivity index (χ2n) is 3.95. The largest absolute Gasteiger partial charge is 0.316 e. The monoisotopic (exact) mass is 219 g/mol. The number of rotatable bonds is 1. The molecule has 1 N–H and O–H groups in total. The normalized spacial score (nSPS) is 22.0. The molecule has 1 unspecified atom stereocenters. The standard InChI is InChI=1S/C11H13N3S/c1-2-8(6-12-4-1)9-3-5-13-11-10(9)14-7-15-11/h3,5,7-8,12H,1-2,4,6H2. The molecule has 1 aliphatic heterocycles. The Bertz CT molecular complexity index is 460. The summed E-state index contributed by atoms with van der Waals surface area (Å²) in [7, 11) is 0. The van der Waals surface area contributed by atoms with E-state index in [9.17, 15) is 0 Å². The minimum atomic E-state index is 0.617. The van der Waals surface area contributed by atoms with E-state index in [1.165, 1.54) is 18.4 Å². The Balaban J connectivity index is 2.05. The number of piperidine rings is 1. The van der Waals surface area contributed by atoms with Crippen molar-refractivity contribution in [1.82, 2.24) is 15.3 Å². The molecule has 4 heteroatoms. The van der Waals surface area contributed by atoms with Crippen LogP contribution in [-0.2, 0) is 0 Å². The zero-order chi connectivity index (χ0) is 10.1. The fourth-order valence-corrected chi connectivity index (χ4v) is 2.90. The van der Waals surface area contributed by atoms with Gasteiger partial charge in [0.2, 0.25) is 0 Å². The summed E-state index contributed by atoms with van der Waals surface area (Å²) < 4.78 is 0. The van der Waals surface area contributed by atoms with Gasteiger partial charge in [-0.05, 0) is 36.9 Å². The van der Waals surface area contributed by atoms with Crippen LogP contribution >= 0.6 is 11.3 Å². The molecule has 0 amide bonds. The van der Waals surface area contributed by atoms with E-state index in [0.717, 1.165) is 23.4 Å². The van der Waals surface area contributed by atoms with Gasteiger partial charge in [-0.3, -0.25) is 0 Å². The maximum atomic E-state index is 4.42. The zero-order valence-corrected chi connectivity index (χ0v) is 9.26. The Morgan fingerprint density at radius 2 is 2.40 bits per heavy atom. The highest BCUT2D eigenvalue weighted by molar-refractivity contribution is 7.16. The molecule has 0 aliphatic carbocycles. The van der Waals surface area contributed by atoms with E-state index in [1.807, 2.05) is 11.7 Å². The Morgan fingerprint density at radius 3 is 3.27 bits per heavy atom. The van der Waals surface area contributed by atoms with Gasteiger partial charge in [-0.2, -0.15) is 0 Å². The lowest BCUT2D eigenvalue weighted by molar-refractivity contribution is 0.463. The molecule has 1 aliphatic rings. The summed E-state index contributed by atoms with van der Waals surface area (Å²) in [6.07, 6.45) is 4.44. The highest BCUT2D eigenvalue weighted by Gasteiger charge is 2.18. The van der Waals surface area contributed by atoms with Crippen LogP contribution in [0.15, 0.2) is 17.8 Å². The number of pyridine rings is 1. The highest BCUT2D eigenvalue weighted by Crippen LogP contribution is 2.29. The first-order chi connectivity index (χ1) is 7.45. The van der Waals surface area contributed by atoms with Gasteiger partial charge < -0.3 is 5.32 Å². The molecule has 1 fully saturated rings. The Kier molecular flexibility index (Phi) is 2.38. The summed E-state index contributed by atoms with van der Waals surface area (Å²) in [5, 5.41) is 3.45. The van der Waals surface area contributed by atoms with Crippen LogP contribution < -0.4 is 5.32 Å². The van der Waals surface area contributed by atoms with Crippen molar-refractivity contribution in [2.24, 2.45) is 0 Å². The van der Waals surface area contributed by atoms with Gasteiger partial charge in [-0.15, -0.1) is 11.3 Å². The summed E-state index contributed by atoms with van der Waals surface area (Å²) in [5.74, 6) is 0.617. The molecule has 2 aromatic heterocycles. The average molecular weight is 219 g/mol. The number of nitrogens with zero attached hydrogens (tertiary/aromatic N) is 2. The minimum absolute atomic E-state index is 0.617. The van der Waals surface area contributed by atoms with Crippen LogP contribution in [0.2, 0.25) is 0 Å². The van der Waals surface area contributed by atoms with Crippen molar-refractivity contribution in [3.8, 4) is 0 Å². The quantitative estimate of drug-likeness (QED) is 0.798. The number of nitrogens with one attached hydrogen (secondary N) is 1. The van der Waals surface area contributed by atoms with Crippen LogP contribution in [0.5, 0.6) is 0 Å². The van der Waals surface area contributed by atoms with E-state index in [0.29, 0.717) is 5.92 Å². The third-order valence-electron chi connectivity index (χ3n) is 3.00. The van der Waals surface area contributed by atoms with Gasteiger partial charge in [-0.1, -0.05) is 0 Å². The minimum Gasteiger partial charge on any atom is -0.316 e. The van der Waals surface area contributed by atoms with Crippen molar-refractivity contribution in [3.63, 3.8) is 0 Å². The smallest absolute Gasteiger partial charge is 0.143 e. The number of thiazole rings is 1. The molecule has 15 heavy (non-hydrogen) atoms. The van der Waals surface area contributed by atoms with Crippen LogP contribution in [0.3, 0.4) is 0 Å². The fourth-order valence-electron chi connectivity index (χ4n) is 2.24. The Morgan fingerprint density at radius 1 is 1.40 bits per heavy atom. The molecule has 0 aromatic carbocycles. The molecule has 0 bridgehead atoms. The second kappa shape index (κ2) is 3.87. The third kappa shape index (κ3) is 1.64. The van der Waals surface area contributed by atoms with Crippen LogP contribution in [0, 0.1) is 0 Å². The number of hydrogen-bond acceptors (Lipinski definition) is 4. The number of aromatic nitrogens is 2. The molecular formula is C11H13N3S. The molecular weight excluding hydrogens is 206 g/mol. The lowest BCUT2D eigenvalue weighted by Crippen LogP contribution is -2.28. The molecule has 0 spiro atoms. The van der Waals surface area contributed by atoms with Gasteiger partial charge in [0.1, 0.15) is 10.3 Å². The van der Waals surface area contributed by atoms with Crippen LogP contribution in [0.25, 0.3) is 10.3 Å². The maximum absolute atomic E-state index is 4.42. The number of fused-ring (bicyclic) bond motifs is 1. The SMILES string of the molecule is c1cc(C2CCCNC2)c2ncsc2n1. The van der Waals surface area contributed by atoms with Crippen molar-refractivity contribution in [1.29, 1.82) is 0 Å². The fraction of sp³-hybridized carbons (Fsp3) is 0.455. The van der Waals surface area contributed by atoms with Crippen LogP contribution in [0.4, 0.5) is 0 Å². The van der Waals surface area contributed by atoms with E-state index < -0.39 is 0 Å².